The second-order valence-corrected chi connectivity index (χ2v) is 7.65. The van der Waals surface area contributed by atoms with Crippen molar-refractivity contribution in [3.8, 4) is 11.5 Å². The molecule has 0 atom stereocenters. The van der Waals surface area contributed by atoms with Gasteiger partial charge in [-0.15, -0.1) is 0 Å². The number of rotatable bonds is 10. The van der Waals surface area contributed by atoms with Crippen LogP contribution in [0.1, 0.15) is 60.7 Å². The third-order valence-electron chi connectivity index (χ3n) is 5.29. The molecule has 0 aliphatic carbocycles. The number of phenolic OH excluding ortho intramolecular Hbond substituents is 1. The number of aryl methyl sites for hydroxylation is 1. The minimum absolute atomic E-state index is 0.0552. The number of Topliss-reactive ketones (excluding diaryl/α,β-unsaturated/α-hetero) is 1. The zero-order valence-electron chi connectivity index (χ0n) is 19.1. The Morgan fingerprint density at radius 1 is 1.12 bits per heavy atom. The van der Waals surface area contributed by atoms with Crippen LogP contribution in [0.3, 0.4) is 0 Å². The van der Waals surface area contributed by atoms with Gasteiger partial charge >= 0.3 is 5.97 Å². The van der Waals surface area contributed by atoms with Crippen LogP contribution in [0.15, 0.2) is 41.5 Å². The first-order chi connectivity index (χ1) is 15.9. The minimum atomic E-state index is -0.355. The molecule has 3 rings (SSSR count). The van der Waals surface area contributed by atoms with E-state index >= 15 is 0 Å². The van der Waals surface area contributed by atoms with Crippen molar-refractivity contribution in [3.05, 3.63) is 69.3 Å². The van der Waals surface area contributed by atoms with Crippen molar-refractivity contribution in [3.63, 3.8) is 0 Å². The topological polar surface area (TPSA) is 107 Å². The Hall–Kier alpha value is -3.68. The fraction of sp³-hybridized carbons (Fsp3) is 0.360. The number of nitrogens with zero attached hydrogens (tertiary/aromatic N) is 2. The van der Waals surface area contributed by atoms with Crippen molar-refractivity contribution in [1.82, 2.24) is 9.38 Å². The maximum atomic E-state index is 12.9. The third-order valence-corrected chi connectivity index (χ3v) is 5.29. The molecule has 3 aromatic rings. The standard InChI is InChI=1S/C25H28N2O6/c1-4-7-20-21(11-10-19(16(3)28)23(20)30)33-15-18-8-6-13-27-24(18)26-14-17(25(27)31)9-12-22(29)32-5-2/h6,8,10-11,13-14,30H,4-5,7,9,12,15H2,1-3H3. The van der Waals surface area contributed by atoms with E-state index in [1.54, 1.807) is 31.3 Å². The van der Waals surface area contributed by atoms with Crippen molar-refractivity contribution in [2.45, 2.75) is 53.1 Å². The molecular formula is C25H28N2O6. The van der Waals surface area contributed by atoms with Crippen LogP contribution in [0, 0.1) is 0 Å². The van der Waals surface area contributed by atoms with Crippen LogP contribution in [0.2, 0.25) is 0 Å². The molecule has 0 spiro atoms. The highest BCUT2D eigenvalue weighted by molar-refractivity contribution is 5.97. The highest BCUT2D eigenvalue weighted by Crippen LogP contribution is 2.33. The number of ketones is 1. The number of esters is 1. The summed E-state index contributed by atoms with van der Waals surface area (Å²) >= 11 is 0. The van der Waals surface area contributed by atoms with E-state index in [2.05, 4.69) is 4.98 Å². The number of carbonyl (C=O) groups excluding carboxylic acids is 2. The number of ether oxygens (including phenoxy) is 2. The molecule has 0 amide bonds. The zero-order chi connectivity index (χ0) is 24.0. The van der Waals surface area contributed by atoms with Crippen LogP contribution >= 0.6 is 0 Å². The zero-order valence-corrected chi connectivity index (χ0v) is 19.1. The van der Waals surface area contributed by atoms with Crippen molar-refractivity contribution in [2.75, 3.05) is 6.61 Å². The molecule has 0 aliphatic rings. The second kappa shape index (κ2) is 10.8. The Balaban J connectivity index is 1.86. The van der Waals surface area contributed by atoms with Gasteiger partial charge in [0.1, 0.15) is 23.8 Å². The molecule has 174 valence electrons. The smallest absolute Gasteiger partial charge is 0.306 e. The lowest BCUT2D eigenvalue weighted by Crippen LogP contribution is -2.21. The first-order valence-corrected chi connectivity index (χ1v) is 11.0. The van der Waals surface area contributed by atoms with Gasteiger partial charge in [-0.3, -0.25) is 18.8 Å². The van der Waals surface area contributed by atoms with Crippen molar-refractivity contribution in [2.24, 2.45) is 0 Å². The van der Waals surface area contributed by atoms with Gasteiger partial charge in [0.2, 0.25) is 0 Å². The number of aromatic nitrogens is 2. The fourth-order valence-electron chi connectivity index (χ4n) is 3.64. The van der Waals surface area contributed by atoms with E-state index in [-0.39, 0.29) is 48.1 Å². The van der Waals surface area contributed by atoms with Gasteiger partial charge in [-0.2, -0.15) is 0 Å². The Bertz CT molecular complexity index is 1230. The molecule has 1 aromatic carbocycles. The number of hydrogen-bond donors (Lipinski definition) is 1. The largest absolute Gasteiger partial charge is 0.507 e. The third kappa shape index (κ3) is 5.39. The molecule has 0 unspecified atom stereocenters. The molecule has 2 heterocycles. The summed E-state index contributed by atoms with van der Waals surface area (Å²) in [4.78, 5) is 40.7. The normalized spacial score (nSPS) is 10.9. The molecule has 0 fully saturated rings. The molecule has 0 aliphatic heterocycles. The Kier molecular flexibility index (Phi) is 7.82. The first-order valence-electron chi connectivity index (χ1n) is 11.0. The van der Waals surface area contributed by atoms with Gasteiger partial charge in [0.25, 0.3) is 5.56 Å². The number of carbonyl (C=O) groups is 2. The fourth-order valence-corrected chi connectivity index (χ4v) is 3.64. The van der Waals surface area contributed by atoms with Gasteiger partial charge in [0, 0.05) is 35.5 Å². The minimum Gasteiger partial charge on any atom is -0.507 e. The summed E-state index contributed by atoms with van der Waals surface area (Å²) in [5.41, 5.74) is 2.15. The van der Waals surface area contributed by atoms with Gasteiger partial charge in [0.15, 0.2) is 5.78 Å². The Morgan fingerprint density at radius 3 is 2.61 bits per heavy atom. The highest BCUT2D eigenvalue weighted by atomic mass is 16.5. The summed E-state index contributed by atoms with van der Waals surface area (Å²) in [5, 5.41) is 10.5. The van der Waals surface area contributed by atoms with E-state index in [0.717, 1.165) is 6.42 Å². The maximum absolute atomic E-state index is 12.9. The lowest BCUT2D eigenvalue weighted by molar-refractivity contribution is -0.143. The quantitative estimate of drug-likeness (QED) is 0.370. The number of pyridine rings is 1. The Morgan fingerprint density at radius 2 is 1.91 bits per heavy atom. The maximum Gasteiger partial charge on any atom is 0.306 e. The summed E-state index contributed by atoms with van der Waals surface area (Å²) in [6.45, 7) is 5.54. The van der Waals surface area contributed by atoms with Crippen LogP contribution < -0.4 is 10.3 Å². The molecule has 8 nitrogen and oxygen atoms in total. The van der Waals surface area contributed by atoms with Gasteiger partial charge in [0.05, 0.1) is 12.2 Å². The summed E-state index contributed by atoms with van der Waals surface area (Å²) in [6, 6.07) is 6.77. The summed E-state index contributed by atoms with van der Waals surface area (Å²) in [7, 11) is 0. The average molecular weight is 453 g/mol. The number of aromatic hydroxyl groups is 1. The predicted molar refractivity (Wildman–Crippen MR) is 123 cm³/mol. The van der Waals surface area contributed by atoms with E-state index in [1.807, 2.05) is 13.0 Å². The first kappa shape index (κ1) is 24.0. The molecule has 1 N–H and O–H groups in total. The SMILES string of the molecule is CCCc1c(OCc2cccn3c(=O)c(CCC(=O)OCC)cnc23)ccc(C(C)=O)c1O. The van der Waals surface area contributed by atoms with Gasteiger partial charge < -0.3 is 14.6 Å². The van der Waals surface area contributed by atoms with Crippen LogP contribution in [0.5, 0.6) is 11.5 Å². The molecule has 8 heteroatoms. The molecule has 0 radical (unpaired) electrons. The summed E-state index contributed by atoms with van der Waals surface area (Å²) in [5.74, 6) is -0.144. The van der Waals surface area contributed by atoms with E-state index < -0.39 is 0 Å². The van der Waals surface area contributed by atoms with Crippen molar-refractivity contribution in [1.29, 1.82) is 0 Å². The van der Waals surface area contributed by atoms with Gasteiger partial charge in [-0.05, 0) is 44.9 Å². The number of fused-ring (bicyclic) bond motifs is 1. The lowest BCUT2D eigenvalue weighted by atomic mass is 10.0. The average Bonchev–Trinajstić information content (AvgIpc) is 2.79. The summed E-state index contributed by atoms with van der Waals surface area (Å²) < 4.78 is 12.3. The van der Waals surface area contributed by atoms with Crippen LogP contribution in [0.25, 0.3) is 5.65 Å². The molecule has 0 saturated carbocycles. The molecule has 2 aromatic heterocycles. The molecule has 33 heavy (non-hydrogen) atoms. The second-order valence-electron chi connectivity index (χ2n) is 7.65. The Labute approximate surface area is 191 Å². The molecular weight excluding hydrogens is 424 g/mol. The lowest BCUT2D eigenvalue weighted by Gasteiger charge is -2.15. The van der Waals surface area contributed by atoms with Crippen LogP contribution in [0.4, 0.5) is 0 Å². The van der Waals surface area contributed by atoms with Gasteiger partial charge in [-0.25, -0.2) is 4.98 Å². The van der Waals surface area contributed by atoms with E-state index in [1.165, 1.54) is 17.5 Å². The number of phenols is 1. The van der Waals surface area contributed by atoms with Crippen molar-refractivity contribution < 1.29 is 24.2 Å². The molecule has 0 bridgehead atoms. The number of benzene rings is 1. The van der Waals surface area contributed by atoms with Crippen molar-refractivity contribution >= 4 is 17.4 Å². The van der Waals surface area contributed by atoms with E-state index in [0.29, 0.717) is 41.1 Å². The predicted octanol–water partition coefficient (Wildman–Crippen LogP) is 3.63. The monoisotopic (exact) mass is 452 g/mol. The van der Waals surface area contributed by atoms with Gasteiger partial charge in [-0.1, -0.05) is 19.4 Å². The van der Waals surface area contributed by atoms with E-state index in [9.17, 15) is 19.5 Å². The molecule has 0 saturated heterocycles. The summed E-state index contributed by atoms with van der Waals surface area (Å²) in [6.07, 6.45) is 4.79. The number of hydrogen-bond acceptors (Lipinski definition) is 7. The van der Waals surface area contributed by atoms with E-state index in [4.69, 9.17) is 9.47 Å². The van der Waals surface area contributed by atoms with Crippen LogP contribution in [-0.4, -0.2) is 32.9 Å². The van der Waals surface area contributed by atoms with Crippen LogP contribution in [-0.2, 0) is 29.0 Å². The highest BCUT2D eigenvalue weighted by Gasteiger charge is 2.17.